The van der Waals surface area contributed by atoms with E-state index in [-0.39, 0.29) is 0 Å². The van der Waals surface area contributed by atoms with Crippen LogP contribution < -0.4 is 0 Å². The summed E-state index contributed by atoms with van der Waals surface area (Å²) in [6.45, 7) is 32.7. The minimum absolute atomic E-state index is 0.605. The normalized spacial score (nSPS) is 28.1. The van der Waals surface area contributed by atoms with Gasteiger partial charge in [0.2, 0.25) is 0 Å². The summed E-state index contributed by atoms with van der Waals surface area (Å²) in [4.78, 5) is 0. The predicted octanol–water partition coefficient (Wildman–Crippen LogP) is 14.2. The molecule has 4 aliphatic rings. The van der Waals surface area contributed by atoms with Crippen LogP contribution in [0.25, 0.3) is 0 Å². The van der Waals surface area contributed by atoms with Crippen molar-refractivity contribution in [2.75, 3.05) is 0 Å². The summed E-state index contributed by atoms with van der Waals surface area (Å²) in [5, 5.41) is 0. The minimum Gasteiger partial charge on any atom is -0.102 e. The Kier molecular flexibility index (Phi) is 23.1. The lowest BCUT2D eigenvalue weighted by atomic mass is 9.65. The van der Waals surface area contributed by atoms with Crippen molar-refractivity contribution in [1.29, 1.82) is 0 Å². The summed E-state index contributed by atoms with van der Waals surface area (Å²) in [7, 11) is 0. The molecule has 244 valence electrons. The molecule has 0 aromatic heterocycles. The quantitative estimate of drug-likeness (QED) is 0.214. The van der Waals surface area contributed by atoms with Crippen LogP contribution in [0, 0.1) is 41.4 Å². The molecule has 0 N–H and O–H groups in total. The standard InChI is InChI=1S/C21H32.C9H14.C8H12.C3H8.C2H6/c1-3-16-9-7-8-12-21(16)20(4-2)19-14-13-17-10-5-6-11-18(17)15-19;1-7-4-5-8(2)9(3)6-7;1-5-6-8(4)7(2)3;1-3-2;1-2/h3,7,9,15-18,20-21H,1,4-6,8,10-14H2,2H3;4-8H,1-3H3;5-6H,1-2H2,3-4H3;3H2,1-2H3;1-2H3/b;;8-6+;;. The fourth-order valence-electron chi connectivity index (χ4n) is 6.71. The highest BCUT2D eigenvalue weighted by molar-refractivity contribution is 5.26. The van der Waals surface area contributed by atoms with Crippen molar-refractivity contribution in [1.82, 2.24) is 0 Å². The average Bonchev–Trinajstić information content (AvgIpc) is 3.02. The van der Waals surface area contributed by atoms with E-state index in [1.54, 1.807) is 6.08 Å². The molecule has 0 heteroatoms. The van der Waals surface area contributed by atoms with Gasteiger partial charge in [-0.2, -0.15) is 0 Å². The third-order valence-electron chi connectivity index (χ3n) is 9.41. The molecule has 7 atom stereocenters. The molecule has 0 nitrogen and oxygen atoms in total. The van der Waals surface area contributed by atoms with E-state index in [4.69, 9.17) is 0 Å². The van der Waals surface area contributed by atoms with E-state index in [1.165, 1.54) is 75.4 Å². The zero-order valence-corrected chi connectivity index (χ0v) is 30.4. The second-order valence-electron chi connectivity index (χ2n) is 13.0. The molecule has 0 amide bonds. The van der Waals surface area contributed by atoms with Crippen molar-refractivity contribution in [2.45, 2.75) is 133 Å². The first-order chi connectivity index (χ1) is 20.6. The van der Waals surface area contributed by atoms with Gasteiger partial charge in [-0.3, -0.25) is 0 Å². The highest BCUT2D eigenvalue weighted by Crippen LogP contribution is 2.45. The third kappa shape index (κ3) is 15.5. The van der Waals surface area contributed by atoms with Gasteiger partial charge in [0.1, 0.15) is 0 Å². The van der Waals surface area contributed by atoms with Crippen LogP contribution in [0.5, 0.6) is 0 Å². The van der Waals surface area contributed by atoms with Crippen LogP contribution in [0.1, 0.15) is 133 Å². The molecule has 0 heterocycles. The van der Waals surface area contributed by atoms with Crippen LogP contribution in [0.2, 0.25) is 0 Å². The number of allylic oxidation sites excluding steroid dienone is 13. The Balaban J connectivity index is 0.000000666. The maximum Gasteiger partial charge on any atom is -0.00220 e. The number of hydrogen-bond acceptors (Lipinski definition) is 0. The summed E-state index contributed by atoms with van der Waals surface area (Å²) in [5.74, 6) is 5.47. The lowest BCUT2D eigenvalue weighted by Gasteiger charge is -2.40. The molecule has 0 saturated heterocycles. The van der Waals surface area contributed by atoms with Gasteiger partial charge >= 0.3 is 0 Å². The van der Waals surface area contributed by atoms with Crippen LogP contribution in [0.15, 0.2) is 96.7 Å². The first-order valence-corrected chi connectivity index (χ1v) is 17.9. The SMILES string of the molecule is C=C/C=C(\C)C(=C)C.C=CC1C=CCCC1C(CC)C1=CC2CCCCC2CC1.CC.CC1=CC(C)C=CC1C.CCC. The van der Waals surface area contributed by atoms with Crippen molar-refractivity contribution in [3.8, 4) is 0 Å². The molecule has 7 unspecified atom stereocenters. The van der Waals surface area contributed by atoms with Crippen LogP contribution in [0.3, 0.4) is 0 Å². The van der Waals surface area contributed by atoms with E-state index < -0.39 is 0 Å². The van der Waals surface area contributed by atoms with Crippen molar-refractivity contribution < 1.29 is 0 Å². The van der Waals surface area contributed by atoms with Crippen LogP contribution >= 0.6 is 0 Å². The number of rotatable bonds is 6. The van der Waals surface area contributed by atoms with Crippen LogP contribution in [-0.2, 0) is 0 Å². The van der Waals surface area contributed by atoms with E-state index in [2.05, 4.69) is 104 Å². The summed E-state index contributed by atoms with van der Waals surface area (Å²) in [6.07, 6.45) is 34.2. The molecule has 0 aliphatic heterocycles. The summed E-state index contributed by atoms with van der Waals surface area (Å²) >= 11 is 0. The largest absolute Gasteiger partial charge is 0.102 e. The molecule has 1 saturated carbocycles. The van der Waals surface area contributed by atoms with Gasteiger partial charge in [0.05, 0.1) is 0 Å². The van der Waals surface area contributed by atoms with E-state index in [1.807, 2.05) is 39.3 Å². The summed E-state index contributed by atoms with van der Waals surface area (Å²) < 4.78 is 0. The molecule has 4 aliphatic carbocycles. The fraction of sp³-hybridized carbons (Fsp3) is 0.628. The number of hydrogen-bond donors (Lipinski definition) is 0. The van der Waals surface area contributed by atoms with Gasteiger partial charge in [0.15, 0.2) is 0 Å². The molecular formula is C43H72. The van der Waals surface area contributed by atoms with E-state index >= 15 is 0 Å². The maximum absolute atomic E-state index is 4.09. The zero-order valence-electron chi connectivity index (χ0n) is 30.4. The molecule has 4 rings (SSSR count). The van der Waals surface area contributed by atoms with Crippen molar-refractivity contribution in [2.24, 2.45) is 41.4 Å². The lowest BCUT2D eigenvalue weighted by Crippen LogP contribution is -2.29. The Morgan fingerprint density at radius 3 is 2.09 bits per heavy atom. The second kappa shape index (κ2) is 24.3. The van der Waals surface area contributed by atoms with Gasteiger partial charge in [0.25, 0.3) is 0 Å². The molecule has 0 spiro atoms. The Morgan fingerprint density at radius 1 is 0.930 bits per heavy atom. The highest BCUT2D eigenvalue weighted by Gasteiger charge is 2.33. The summed E-state index contributed by atoms with van der Waals surface area (Å²) in [5.41, 5.74) is 5.61. The van der Waals surface area contributed by atoms with Gasteiger partial charge in [0, 0.05) is 0 Å². The monoisotopic (exact) mass is 589 g/mol. The molecular weight excluding hydrogens is 516 g/mol. The molecule has 1 fully saturated rings. The molecule has 0 aromatic carbocycles. The topological polar surface area (TPSA) is 0 Å². The third-order valence-corrected chi connectivity index (χ3v) is 9.41. The molecule has 43 heavy (non-hydrogen) atoms. The Bertz CT molecular complexity index is 931. The Labute approximate surface area is 271 Å². The van der Waals surface area contributed by atoms with Crippen LogP contribution in [0.4, 0.5) is 0 Å². The zero-order chi connectivity index (χ0) is 32.8. The first-order valence-electron chi connectivity index (χ1n) is 17.9. The van der Waals surface area contributed by atoms with Crippen LogP contribution in [-0.4, -0.2) is 0 Å². The lowest BCUT2D eigenvalue weighted by molar-refractivity contribution is 0.229. The molecule has 0 aromatic rings. The van der Waals surface area contributed by atoms with Gasteiger partial charge < -0.3 is 0 Å². The Morgan fingerprint density at radius 2 is 1.58 bits per heavy atom. The second-order valence-corrected chi connectivity index (χ2v) is 13.0. The first kappa shape index (κ1) is 40.9. The van der Waals surface area contributed by atoms with Crippen molar-refractivity contribution in [3.05, 3.63) is 96.7 Å². The molecule has 0 radical (unpaired) electrons. The van der Waals surface area contributed by atoms with E-state index in [0.717, 1.165) is 29.2 Å². The Hall–Kier alpha value is -2.08. The average molecular weight is 589 g/mol. The van der Waals surface area contributed by atoms with Crippen molar-refractivity contribution >= 4 is 0 Å². The number of fused-ring (bicyclic) bond motifs is 1. The van der Waals surface area contributed by atoms with E-state index in [0.29, 0.717) is 17.8 Å². The van der Waals surface area contributed by atoms with Gasteiger partial charge in [-0.15, -0.1) is 6.58 Å². The van der Waals surface area contributed by atoms with Crippen molar-refractivity contribution in [3.63, 3.8) is 0 Å². The molecule has 0 bridgehead atoms. The van der Waals surface area contributed by atoms with Gasteiger partial charge in [-0.25, -0.2) is 0 Å². The van der Waals surface area contributed by atoms with Gasteiger partial charge in [-0.05, 0) is 113 Å². The smallest absolute Gasteiger partial charge is 0.00220 e. The van der Waals surface area contributed by atoms with E-state index in [9.17, 15) is 0 Å². The predicted molar refractivity (Wildman–Crippen MR) is 199 cm³/mol. The summed E-state index contributed by atoms with van der Waals surface area (Å²) in [6, 6.07) is 0. The van der Waals surface area contributed by atoms with Gasteiger partial charge in [-0.1, -0.05) is 152 Å². The maximum atomic E-state index is 4.09. The minimum atomic E-state index is 0.605. The highest BCUT2D eigenvalue weighted by atomic mass is 14.4. The fourth-order valence-corrected chi connectivity index (χ4v) is 6.71.